The number of rotatable bonds is 4. The third kappa shape index (κ3) is 4.14. The van der Waals surface area contributed by atoms with Crippen molar-refractivity contribution in [2.24, 2.45) is 0 Å². The number of anilines is 1. The van der Waals surface area contributed by atoms with E-state index in [2.05, 4.69) is 10.2 Å². The maximum Gasteiger partial charge on any atom is 0.411 e. The van der Waals surface area contributed by atoms with Gasteiger partial charge in [0.15, 0.2) is 0 Å². The molecule has 1 fully saturated rings. The lowest BCUT2D eigenvalue weighted by molar-refractivity contribution is 0.127. The van der Waals surface area contributed by atoms with Gasteiger partial charge in [-0.2, -0.15) is 0 Å². The maximum atomic E-state index is 14.0. The summed E-state index contributed by atoms with van der Waals surface area (Å²) < 4.78 is 32.9. The first-order chi connectivity index (χ1) is 12.0. The molecule has 0 bridgehead atoms. The number of ether oxygens (including phenoxy) is 1. The molecule has 4 nitrogen and oxygen atoms in total. The highest BCUT2D eigenvalue weighted by Crippen LogP contribution is 2.30. The summed E-state index contributed by atoms with van der Waals surface area (Å²) in [6.07, 6.45) is 1.38. The number of carbonyl (C=O) groups is 1. The number of nitrogens with zero attached hydrogens (tertiary/aromatic N) is 1. The second kappa shape index (κ2) is 7.61. The molecule has 2 aromatic rings. The summed E-state index contributed by atoms with van der Waals surface area (Å²) in [4.78, 5) is 14.2. The number of likely N-dealkylation sites (N-methyl/N-ethyl adjacent to an activating group) is 1. The van der Waals surface area contributed by atoms with E-state index in [0.717, 1.165) is 25.5 Å². The average molecular weight is 346 g/mol. The van der Waals surface area contributed by atoms with Gasteiger partial charge in [0.1, 0.15) is 18.2 Å². The predicted octanol–water partition coefficient (Wildman–Crippen LogP) is 4.27. The summed E-state index contributed by atoms with van der Waals surface area (Å²) in [5, 5.41) is 2.53. The summed E-state index contributed by atoms with van der Waals surface area (Å²) in [6.45, 7) is 1.25. The molecule has 0 spiro atoms. The molecule has 0 radical (unpaired) electrons. The second-order valence-electron chi connectivity index (χ2n) is 6.17. The first kappa shape index (κ1) is 17.4. The van der Waals surface area contributed by atoms with Gasteiger partial charge in [-0.25, -0.2) is 13.6 Å². The maximum absolute atomic E-state index is 14.0. The number of nitrogens with one attached hydrogen (secondary N) is 1. The van der Waals surface area contributed by atoms with Crippen LogP contribution in [-0.4, -0.2) is 37.2 Å². The van der Waals surface area contributed by atoms with E-state index in [1.54, 1.807) is 18.2 Å². The molecule has 1 N–H and O–H groups in total. The van der Waals surface area contributed by atoms with Gasteiger partial charge in [0.05, 0.1) is 5.69 Å². The van der Waals surface area contributed by atoms with Crippen LogP contribution >= 0.6 is 0 Å². The highest BCUT2D eigenvalue weighted by Gasteiger charge is 2.22. The van der Waals surface area contributed by atoms with E-state index in [-0.39, 0.29) is 23.9 Å². The van der Waals surface area contributed by atoms with Gasteiger partial charge in [0, 0.05) is 17.2 Å². The molecule has 6 heteroatoms. The van der Waals surface area contributed by atoms with Crippen molar-refractivity contribution in [2.75, 3.05) is 25.5 Å². The molecule has 1 aliphatic heterocycles. The van der Waals surface area contributed by atoms with Crippen LogP contribution in [0.2, 0.25) is 0 Å². The van der Waals surface area contributed by atoms with Crippen LogP contribution in [0.4, 0.5) is 19.3 Å². The Kier molecular flexibility index (Phi) is 5.28. The molecule has 0 unspecified atom stereocenters. The molecule has 2 aromatic carbocycles. The molecule has 0 aromatic heterocycles. The number of hydrogen-bond acceptors (Lipinski definition) is 3. The number of amides is 1. The lowest BCUT2D eigenvalue weighted by Crippen LogP contribution is -2.31. The molecule has 1 atom stereocenters. The van der Waals surface area contributed by atoms with E-state index in [4.69, 9.17) is 4.74 Å². The van der Waals surface area contributed by atoms with Crippen molar-refractivity contribution < 1.29 is 18.3 Å². The molecule has 25 heavy (non-hydrogen) atoms. The van der Waals surface area contributed by atoms with Gasteiger partial charge < -0.3 is 9.64 Å². The highest BCUT2D eigenvalue weighted by atomic mass is 19.1. The van der Waals surface area contributed by atoms with Gasteiger partial charge in [-0.15, -0.1) is 0 Å². The van der Waals surface area contributed by atoms with Crippen molar-refractivity contribution in [3.8, 4) is 11.1 Å². The SMILES string of the molecule is CN1CCC[C@H]1COC(=O)Nc1cc(F)ccc1-c1ccccc1F. The van der Waals surface area contributed by atoms with Crippen LogP contribution in [0.1, 0.15) is 12.8 Å². The Labute approximate surface area is 145 Å². The minimum Gasteiger partial charge on any atom is -0.448 e. The Bertz CT molecular complexity index is 767. The van der Waals surface area contributed by atoms with Crippen LogP contribution < -0.4 is 5.32 Å². The third-order valence-corrected chi connectivity index (χ3v) is 4.46. The Morgan fingerprint density at radius 2 is 2.04 bits per heavy atom. The van der Waals surface area contributed by atoms with Crippen molar-refractivity contribution >= 4 is 11.8 Å². The lowest BCUT2D eigenvalue weighted by atomic mass is 10.0. The van der Waals surface area contributed by atoms with E-state index >= 15 is 0 Å². The van der Waals surface area contributed by atoms with Crippen LogP contribution in [0, 0.1) is 11.6 Å². The monoisotopic (exact) mass is 346 g/mol. The summed E-state index contributed by atoms with van der Waals surface area (Å²) >= 11 is 0. The summed E-state index contributed by atoms with van der Waals surface area (Å²) in [5.74, 6) is -0.968. The molecule has 0 saturated carbocycles. The standard InChI is InChI=1S/C19H20F2N2O2/c1-23-10-4-5-14(23)12-25-19(24)22-18-11-13(20)8-9-16(18)15-6-2-3-7-17(15)21/h2-3,6-9,11,14H,4-5,10,12H2,1H3,(H,22,24)/t14-/m0/s1. The highest BCUT2D eigenvalue weighted by molar-refractivity contribution is 5.91. The van der Waals surface area contributed by atoms with Gasteiger partial charge in [0.25, 0.3) is 0 Å². The minimum atomic E-state index is -0.677. The van der Waals surface area contributed by atoms with Gasteiger partial charge in [-0.05, 0) is 50.7 Å². The first-order valence-corrected chi connectivity index (χ1v) is 8.23. The van der Waals surface area contributed by atoms with Crippen molar-refractivity contribution in [1.82, 2.24) is 4.90 Å². The van der Waals surface area contributed by atoms with Crippen molar-refractivity contribution in [3.63, 3.8) is 0 Å². The molecule has 132 valence electrons. The number of hydrogen-bond donors (Lipinski definition) is 1. The number of carbonyl (C=O) groups excluding carboxylic acids is 1. The molecule has 1 amide bonds. The normalized spacial score (nSPS) is 17.5. The predicted molar refractivity (Wildman–Crippen MR) is 92.4 cm³/mol. The second-order valence-corrected chi connectivity index (χ2v) is 6.17. The minimum absolute atomic E-state index is 0.176. The van der Waals surface area contributed by atoms with Crippen LogP contribution in [0.15, 0.2) is 42.5 Å². The van der Waals surface area contributed by atoms with E-state index in [0.29, 0.717) is 5.56 Å². The quantitative estimate of drug-likeness (QED) is 0.899. The van der Waals surface area contributed by atoms with E-state index in [1.807, 2.05) is 7.05 Å². The van der Waals surface area contributed by atoms with E-state index in [1.165, 1.54) is 18.2 Å². The van der Waals surface area contributed by atoms with Gasteiger partial charge in [-0.3, -0.25) is 5.32 Å². The number of likely N-dealkylation sites (tertiary alicyclic amines) is 1. The third-order valence-electron chi connectivity index (χ3n) is 4.46. The van der Waals surface area contributed by atoms with Crippen LogP contribution in [0.25, 0.3) is 11.1 Å². The molecule has 0 aliphatic carbocycles. The molecular weight excluding hydrogens is 326 g/mol. The zero-order valence-electron chi connectivity index (χ0n) is 14.0. The van der Waals surface area contributed by atoms with Crippen LogP contribution in [-0.2, 0) is 4.74 Å². The molecular formula is C19H20F2N2O2. The summed E-state index contributed by atoms with van der Waals surface area (Å²) in [5.41, 5.74) is 0.859. The Balaban J connectivity index is 1.74. The topological polar surface area (TPSA) is 41.6 Å². The Morgan fingerprint density at radius 1 is 1.24 bits per heavy atom. The zero-order chi connectivity index (χ0) is 17.8. The Morgan fingerprint density at radius 3 is 2.76 bits per heavy atom. The molecule has 1 aliphatic rings. The first-order valence-electron chi connectivity index (χ1n) is 8.23. The van der Waals surface area contributed by atoms with Crippen LogP contribution in [0.5, 0.6) is 0 Å². The molecule has 1 heterocycles. The fourth-order valence-corrected chi connectivity index (χ4v) is 3.04. The average Bonchev–Trinajstić information content (AvgIpc) is 2.99. The number of benzene rings is 2. The Hall–Kier alpha value is -2.47. The smallest absolute Gasteiger partial charge is 0.411 e. The van der Waals surface area contributed by atoms with Crippen molar-refractivity contribution in [2.45, 2.75) is 18.9 Å². The molecule has 3 rings (SSSR count). The summed E-state index contributed by atoms with van der Waals surface area (Å²) in [7, 11) is 1.99. The van der Waals surface area contributed by atoms with Gasteiger partial charge in [-0.1, -0.05) is 18.2 Å². The van der Waals surface area contributed by atoms with Crippen molar-refractivity contribution in [1.29, 1.82) is 0 Å². The zero-order valence-corrected chi connectivity index (χ0v) is 14.0. The van der Waals surface area contributed by atoms with E-state index < -0.39 is 17.7 Å². The van der Waals surface area contributed by atoms with Crippen LogP contribution in [0.3, 0.4) is 0 Å². The summed E-state index contributed by atoms with van der Waals surface area (Å²) in [6, 6.07) is 10.2. The number of halogens is 2. The van der Waals surface area contributed by atoms with Gasteiger partial charge in [0.2, 0.25) is 0 Å². The lowest BCUT2D eigenvalue weighted by Gasteiger charge is -2.19. The fourth-order valence-electron chi connectivity index (χ4n) is 3.04. The van der Waals surface area contributed by atoms with Gasteiger partial charge >= 0.3 is 6.09 Å². The molecule has 1 saturated heterocycles. The largest absolute Gasteiger partial charge is 0.448 e. The van der Waals surface area contributed by atoms with Crippen molar-refractivity contribution in [3.05, 3.63) is 54.1 Å². The fraction of sp³-hybridized carbons (Fsp3) is 0.316. The van der Waals surface area contributed by atoms with E-state index in [9.17, 15) is 13.6 Å².